The van der Waals surface area contributed by atoms with Gasteiger partial charge in [0.1, 0.15) is 6.10 Å². The van der Waals surface area contributed by atoms with Gasteiger partial charge in [-0.3, -0.25) is 9.80 Å². The van der Waals surface area contributed by atoms with Gasteiger partial charge in [0, 0.05) is 38.8 Å². The van der Waals surface area contributed by atoms with Crippen LogP contribution in [0.1, 0.15) is 19.3 Å². The van der Waals surface area contributed by atoms with E-state index in [1.807, 2.05) is 24.3 Å². The maximum Gasteiger partial charge on any atom is 0.161 e. The van der Waals surface area contributed by atoms with Crippen LogP contribution in [-0.2, 0) is 0 Å². The molecule has 120 valence electrons. The summed E-state index contributed by atoms with van der Waals surface area (Å²) in [5, 5.41) is 0. The van der Waals surface area contributed by atoms with Crippen molar-refractivity contribution in [2.75, 3.05) is 39.8 Å². The first-order valence-corrected chi connectivity index (χ1v) is 8.58. The molecule has 2 heterocycles. The summed E-state index contributed by atoms with van der Waals surface area (Å²) in [5.41, 5.74) is 0. The molecule has 2 bridgehead atoms. The first-order chi connectivity index (χ1) is 10.8. The lowest BCUT2D eigenvalue weighted by atomic mass is 10.1. The molecule has 2 saturated heterocycles. The van der Waals surface area contributed by atoms with E-state index in [0.29, 0.717) is 6.10 Å². The number of methoxy groups -OCH3 is 1. The number of hydrogen-bond donors (Lipinski definition) is 0. The molecule has 4 heteroatoms. The summed E-state index contributed by atoms with van der Waals surface area (Å²) >= 11 is 0. The standard InChI is InChI=1S/C18H26N2O2/c1-21-17-4-2-3-5-18(17)22-16-12-19(13-16)8-9-20-11-14-6-7-15(20)10-14/h2-5,14-16H,6-13H2,1H3/t14-,15+/m0/s1. The lowest BCUT2D eigenvalue weighted by molar-refractivity contribution is 0.0110. The van der Waals surface area contributed by atoms with Crippen LogP contribution in [-0.4, -0.2) is 61.8 Å². The molecular formula is C18H26N2O2. The highest BCUT2D eigenvalue weighted by atomic mass is 16.5. The normalized spacial score (nSPS) is 28.8. The number of rotatable bonds is 6. The molecule has 3 aliphatic rings. The van der Waals surface area contributed by atoms with Gasteiger partial charge in [-0.25, -0.2) is 0 Å². The molecule has 2 aliphatic heterocycles. The summed E-state index contributed by atoms with van der Waals surface area (Å²) in [6, 6.07) is 8.81. The Hall–Kier alpha value is -1.26. The third kappa shape index (κ3) is 2.82. The summed E-state index contributed by atoms with van der Waals surface area (Å²) < 4.78 is 11.4. The molecule has 4 nitrogen and oxygen atoms in total. The van der Waals surface area contributed by atoms with Crippen molar-refractivity contribution in [3.8, 4) is 11.5 Å². The summed E-state index contributed by atoms with van der Waals surface area (Å²) in [5.74, 6) is 2.70. The van der Waals surface area contributed by atoms with E-state index in [4.69, 9.17) is 9.47 Å². The molecule has 0 amide bonds. The maximum atomic E-state index is 6.04. The highest BCUT2D eigenvalue weighted by Crippen LogP contribution is 2.37. The molecule has 0 N–H and O–H groups in total. The molecule has 4 rings (SSSR count). The number of para-hydroxylation sites is 2. The summed E-state index contributed by atoms with van der Waals surface area (Å²) in [6.07, 6.45) is 4.68. The third-order valence-corrected chi connectivity index (χ3v) is 5.51. The number of likely N-dealkylation sites (tertiary alicyclic amines) is 2. The monoisotopic (exact) mass is 302 g/mol. The zero-order valence-electron chi connectivity index (χ0n) is 13.4. The quantitative estimate of drug-likeness (QED) is 0.804. The van der Waals surface area contributed by atoms with Crippen molar-refractivity contribution in [2.45, 2.75) is 31.4 Å². The van der Waals surface area contributed by atoms with Crippen LogP contribution in [0.5, 0.6) is 11.5 Å². The number of hydrogen-bond acceptors (Lipinski definition) is 4. The van der Waals surface area contributed by atoms with Crippen molar-refractivity contribution in [2.24, 2.45) is 5.92 Å². The van der Waals surface area contributed by atoms with E-state index in [1.165, 1.54) is 38.9 Å². The number of ether oxygens (including phenoxy) is 2. The second-order valence-corrected chi connectivity index (χ2v) is 6.98. The highest BCUT2D eigenvalue weighted by molar-refractivity contribution is 5.39. The average Bonchev–Trinajstić information content (AvgIpc) is 3.12. The van der Waals surface area contributed by atoms with E-state index in [1.54, 1.807) is 7.11 Å². The van der Waals surface area contributed by atoms with Crippen LogP contribution in [0.25, 0.3) is 0 Å². The molecule has 1 aromatic carbocycles. The maximum absolute atomic E-state index is 6.04. The van der Waals surface area contributed by atoms with Crippen LogP contribution in [0, 0.1) is 5.92 Å². The smallest absolute Gasteiger partial charge is 0.161 e. The second-order valence-electron chi connectivity index (χ2n) is 6.98. The SMILES string of the molecule is COc1ccccc1OC1CN(CCN2C[C@H]3CC[C@@H]2C3)C1. The Kier molecular flexibility index (Phi) is 3.97. The van der Waals surface area contributed by atoms with Crippen LogP contribution < -0.4 is 9.47 Å². The lowest BCUT2D eigenvalue weighted by Crippen LogP contribution is -2.55. The van der Waals surface area contributed by atoms with Crippen LogP contribution in [0.15, 0.2) is 24.3 Å². The predicted molar refractivity (Wildman–Crippen MR) is 86.6 cm³/mol. The fraction of sp³-hybridized carbons (Fsp3) is 0.667. The molecule has 3 fully saturated rings. The molecule has 1 aromatic rings. The minimum absolute atomic E-state index is 0.311. The van der Waals surface area contributed by atoms with Gasteiger partial charge < -0.3 is 9.47 Å². The van der Waals surface area contributed by atoms with Gasteiger partial charge in [0.25, 0.3) is 0 Å². The molecule has 1 aliphatic carbocycles. The number of benzene rings is 1. The summed E-state index contributed by atoms with van der Waals surface area (Å²) in [4.78, 5) is 5.22. The predicted octanol–water partition coefficient (Wildman–Crippen LogP) is 2.24. The first-order valence-electron chi connectivity index (χ1n) is 8.58. The fourth-order valence-electron chi connectivity index (χ4n) is 4.25. The van der Waals surface area contributed by atoms with Gasteiger partial charge in [-0.15, -0.1) is 0 Å². The summed E-state index contributed by atoms with van der Waals surface area (Å²) in [7, 11) is 1.69. The van der Waals surface area contributed by atoms with Crippen LogP contribution >= 0.6 is 0 Å². The highest BCUT2D eigenvalue weighted by Gasteiger charge is 2.38. The number of nitrogens with zero attached hydrogens (tertiary/aromatic N) is 2. The Bertz CT molecular complexity index is 516. The Balaban J connectivity index is 1.20. The van der Waals surface area contributed by atoms with Crippen molar-refractivity contribution < 1.29 is 9.47 Å². The van der Waals surface area contributed by atoms with Crippen molar-refractivity contribution in [1.82, 2.24) is 9.80 Å². The van der Waals surface area contributed by atoms with E-state index >= 15 is 0 Å². The minimum atomic E-state index is 0.311. The van der Waals surface area contributed by atoms with Crippen molar-refractivity contribution in [1.29, 1.82) is 0 Å². The Morgan fingerprint density at radius 1 is 1.05 bits per heavy atom. The van der Waals surface area contributed by atoms with E-state index in [2.05, 4.69) is 9.80 Å². The first kappa shape index (κ1) is 14.3. The fourth-order valence-corrected chi connectivity index (χ4v) is 4.25. The Labute approximate surface area is 133 Å². The summed E-state index contributed by atoms with van der Waals surface area (Å²) in [6.45, 7) is 5.86. The minimum Gasteiger partial charge on any atom is -0.493 e. The van der Waals surface area contributed by atoms with Crippen molar-refractivity contribution in [3.05, 3.63) is 24.3 Å². The second kappa shape index (κ2) is 6.09. The largest absolute Gasteiger partial charge is 0.493 e. The molecule has 1 saturated carbocycles. The van der Waals surface area contributed by atoms with Gasteiger partial charge in [-0.2, -0.15) is 0 Å². The molecule has 0 aromatic heterocycles. The van der Waals surface area contributed by atoms with Crippen LogP contribution in [0.4, 0.5) is 0 Å². The van der Waals surface area contributed by atoms with Gasteiger partial charge in [0.15, 0.2) is 11.5 Å². The molecule has 0 radical (unpaired) electrons. The van der Waals surface area contributed by atoms with Crippen molar-refractivity contribution in [3.63, 3.8) is 0 Å². The zero-order chi connectivity index (χ0) is 14.9. The lowest BCUT2D eigenvalue weighted by Gasteiger charge is -2.40. The third-order valence-electron chi connectivity index (χ3n) is 5.51. The molecule has 2 atom stereocenters. The van der Waals surface area contributed by atoms with E-state index < -0.39 is 0 Å². The topological polar surface area (TPSA) is 24.9 Å². The van der Waals surface area contributed by atoms with Gasteiger partial charge in [0.05, 0.1) is 7.11 Å². The van der Waals surface area contributed by atoms with Gasteiger partial charge >= 0.3 is 0 Å². The van der Waals surface area contributed by atoms with Crippen LogP contribution in [0.3, 0.4) is 0 Å². The Morgan fingerprint density at radius 2 is 1.86 bits per heavy atom. The number of piperidine rings is 1. The van der Waals surface area contributed by atoms with E-state index in [0.717, 1.165) is 36.5 Å². The van der Waals surface area contributed by atoms with E-state index in [-0.39, 0.29) is 0 Å². The van der Waals surface area contributed by atoms with Crippen molar-refractivity contribution >= 4 is 0 Å². The molecule has 0 unspecified atom stereocenters. The number of fused-ring (bicyclic) bond motifs is 2. The zero-order valence-corrected chi connectivity index (χ0v) is 13.4. The van der Waals surface area contributed by atoms with Gasteiger partial charge in [0.2, 0.25) is 0 Å². The molecule has 0 spiro atoms. The van der Waals surface area contributed by atoms with Gasteiger partial charge in [-0.1, -0.05) is 12.1 Å². The van der Waals surface area contributed by atoms with Gasteiger partial charge in [-0.05, 0) is 37.3 Å². The Morgan fingerprint density at radius 3 is 2.55 bits per heavy atom. The molecular weight excluding hydrogens is 276 g/mol. The molecule has 22 heavy (non-hydrogen) atoms. The van der Waals surface area contributed by atoms with E-state index in [9.17, 15) is 0 Å². The average molecular weight is 302 g/mol. The van der Waals surface area contributed by atoms with Crippen LogP contribution in [0.2, 0.25) is 0 Å².